The van der Waals surface area contributed by atoms with Crippen molar-refractivity contribution in [1.29, 1.82) is 0 Å². The molecule has 19 heavy (non-hydrogen) atoms. The van der Waals surface area contributed by atoms with Gasteiger partial charge in [0, 0.05) is 13.0 Å². The Morgan fingerprint density at radius 2 is 2.16 bits per heavy atom. The Morgan fingerprint density at radius 1 is 1.32 bits per heavy atom. The third-order valence-electron chi connectivity index (χ3n) is 2.74. The SMILES string of the molecule is CCCCCNc1ccc(NC(=O)CCCN)cn1. The number of aromatic nitrogens is 1. The predicted molar refractivity (Wildman–Crippen MR) is 79.2 cm³/mol. The topological polar surface area (TPSA) is 80.0 Å². The lowest BCUT2D eigenvalue weighted by molar-refractivity contribution is -0.116. The molecule has 0 aliphatic carbocycles. The van der Waals surface area contributed by atoms with Gasteiger partial charge in [-0.3, -0.25) is 4.79 Å². The van der Waals surface area contributed by atoms with Crippen molar-refractivity contribution in [2.45, 2.75) is 39.0 Å². The average Bonchev–Trinajstić information content (AvgIpc) is 2.43. The molecule has 1 rings (SSSR count). The number of rotatable bonds is 9. The van der Waals surface area contributed by atoms with Gasteiger partial charge in [-0.1, -0.05) is 19.8 Å². The molecule has 106 valence electrons. The summed E-state index contributed by atoms with van der Waals surface area (Å²) in [5, 5.41) is 6.05. The highest BCUT2D eigenvalue weighted by molar-refractivity contribution is 5.90. The third kappa shape index (κ3) is 6.76. The van der Waals surface area contributed by atoms with Gasteiger partial charge in [-0.05, 0) is 31.5 Å². The van der Waals surface area contributed by atoms with Crippen molar-refractivity contribution < 1.29 is 4.79 Å². The maximum Gasteiger partial charge on any atom is 0.224 e. The fourth-order valence-corrected chi connectivity index (χ4v) is 1.65. The lowest BCUT2D eigenvalue weighted by atomic mass is 10.2. The molecule has 0 spiro atoms. The van der Waals surface area contributed by atoms with Crippen LogP contribution in [0.3, 0.4) is 0 Å². The molecule has 0 aromatic carbocycles. The van der Waals surface area contributed by atoms with Crippen LogP contribution in [0.15, 0.2) is 18.3 Å². The summed E-state index contributed by atoms with van der Waals surface area (Å²) in [6.45, 7) is 3.65. The summed E-state index contributed by atoms with van der Waals surface area (Å²) in [6, 6.07) is 3.74. The monoisotopic (exact) mass is 264 g/mol. The molecular formula is C14H24N4O. The molecule has 1 aromatic rings. The third-order valence-corrected chi connectivity index (χ3v) is 2.74. The van der Waals surface area contributed by atoms with Gasteiger partial charge in [0.2, 0.25) is 5.91 Å². The van der Waals surface area contributed by atoms with Crippen LogP contribution in [0.2, 0.25) is 0 Å². The Kier molecular flexibility index (Phi) is 7.58. The number of carbonyl (C=O) groups excluding carboxylic acids is 1. The zero-order valence-electron chi connectivity index (χ0n) is 11.6. The second kappa shape index (κ2) is 9.33. The van der Waals surface area contributed by atoms with E-state index in [4.69, 9.17) is 5.73 Å². The number of amides is 1. The molecule has 0 radical (unpaired) electrons. The first-order valence-corrected chi connectivity index (χ1v) is 6.96. The van der Waals surface area contributed by atoms with E-state index in [1.54, 1.807) is 6.20 Å². The number of carbonyl (C=O) groups is 1. The molecule has 0 aliphatic rings. The van der Waals surface area contributed by atoms with Crippen molar-refractivity contribution in [2.75, 3.05) is 23.7 Å². The smallest absolute Gasteiger partial charge is 0.224 e. The Hall–Kier alpha value is -1.62. The molecule has 5 heteroatoms. The van der Waals surface area contributed by atoms with Gasteiger partial charge < -0.3 is 16.4 Å². The van der Waals surface area contributed by atoms with Crippen molar-refractivity contribution >= 4 is 17.4 Å². The summed E-state index contributed by atoms with van der Waals surface area (Å²) in [4.78, 5) is 15.7. The van der Waals surface area contributed by atoms with E-state index in [-0.39, 0.29) is 5.91 Å². The standard InChI is InChI=1S/C14H24N4O/c1-2-3-4-10-16-13-8-7-12(11-17-13)18-14(19)6-5-9-15/h7-8,11H,2-6,9-10,15H2,1H3,(H,16,17)(H,18,19). The van der Waals surface area contributed by atoms with Crippen molar-refractivity contribution in [3.63, 3.8) is 0 Å². The Morgan fingerprint density at radius 3 is 2.79 bits per heavy atom. The van der Waals surface area contributed by atoms with Gasteiger partial charge in [-0.15, -0.1) is 0 Å². The van der Waals surface area contributed by atoms with Gasteiger partial charge in [0.05, 0.1) is 11.9 Å². The molecule has 0 unspecified atom stereocenters. The van der Waals surface area contributed by atoms with Crippen LogP contribution in [-0.2, 0) is 4.79 Å². The molecule has 1 amide bonds. The Balaban J connectivity index is 2.32. The van der Waals surface area contributed by atoms with E-state index in [2.05, 4.69) is 22.5 Å². The van der Waals surface area contributed by atoms with Gasteiger partial charge in [0.1, 0.15) is 5.82 Å². The number of nitrogens with one attached hydrogen (secondary N) is 2. The number of pyridine rings is 1. The van der Waals surface area contributed by atoms with E-state index in [9.17, 15) is 4.79 Å². The van der Waals surface area contributed by atoms with Gasteiger partial charge in [-0.25, -0.2) is 4.98 Å². The first kappa shape index (κ1) is 15.4. The number of hydrogen-bond acceptors (Lipinski definition) is 4. The zero-order valence-corrected chi connectivity index (χ0v) is 11.6. The van der Waals surface area contributed by atoms with E-state index in [1.807, 2.05) is 12.1 Å². The van der Waals surface area contributed by atoms with E-state index in [0.29, 0.717) is 19.4 Å². The van der Waals surface area contributed by atoms with E-state index >= 15 is 0 Å². The van der Waals surface area contributed by atoms with Gasteiger partial charge >= 0.3 is 0 Å². The van der Waals surface area contributed by atoms with Crippen molar-refractivity contribution in [3.05, 3.63) is 18.3 Å². The number of nitrogens with zero attached hydrogens (tertiary/aromatic N) is 1. The summed E-state index contributed by atoms with van der Waals surface area (Å²) in [7, 11) is 0. The van der Waals surface area contributed by atoms with Gasteiger partial charge in [0.15, 0.2) is 0 Å². The fraction of sp³-hybridized carbons (Fsp3) is 0.571. The minimum atomic E-state index is -0.0177. The molecular weight excluding hydrogens is 240 g/mol. The number of nitrogens with two attached hydrogens (primary N) is 1. The lowest BCUT2D eigenvalue weighted by Gasteiger charge is -2.07. The summed E-state index contributed by atoms with van der Waals surface area (Å²) in [6.07, 6.45) is 6.41. The maximum absolute atomic E-state index is 11.5. The molecule has 5 nitrogen and oxygen atoms in total. The normalized spacial score (nSPS) is 10.2. The predicted octanol–water partition coefficient (Wildman–Crippen LogP) is 2.36. The number of anilines is 2. The Bertz CT molecular complexity index is 364. The minimum Gasteiger partial charge on any atom is -0.370 e. The van der Waals surface area contributed by atoms with Crippen molar-refractivity contribution in [3.8, 4) is 0 Å². The molecule has 0 aliphatic heterocycles. The molecule has 0 saturated heterocycles. The fourth-order valence-electron chi connectivity index (χ4n) is 1.65. The second-order valence-corrected chi connectivity index (χ2v) is 4.51. The average molecular weight is 264 g/mol. The number of hydrogen-bond donors (Lipinski definition) is 3. The summed E-state index contributed by atoms with van der Waals surface area (Å²) < 4.78 is 0. The molecule has 0 atom stereocenters. The van der Waals surface area contributed by atoms with E-state index in [0.717, 1.165) is 24.5 Å². The highest BCUT2D eigenvalue weighted by Gasteiger charge is 2.02. The van der Waals surface area contributed by atoms with Crippen LogP contribution in [0.4, 0.5) is 11.5 Å². The molecule has 1 heterocycles. The van der Waals surface area contributed by atoms with Crippen LogP contribution in [0.1, 0.15) is 39.0 Å². The molecule has 0 saturated carbocycles. The largest absolute Gasteiger partial charge is 0.370 e. The second-order valence-electron chi connectivity index (χ2n) is 4.51. The van der Waals surface area contributed by atoms with Crippen LogP contribution >= 0.6 is 0 Å². The quantitative estimate of drug-likeness (QED) is 0.598. The number of unbranched alkanes of at least 4 members (excludes halogenated alkanes) is 2. The zero-order chi connectivity index (χ0) is 13.9. The van der Waals surface area contributed by atoms with Crippen LogP contribution in [0.5, 0.6) is 0 Å². The summed E-state index contributed by atoms with van der Waals surface area (Å²) >= 11 is 0. The van der Waals surface area contributed by atoms with Crippen LogP contribution < -0.4 is 16.4 Å². The summed E-state index contributed by atoms with van der Waals surface area (Å²) in [5.41, 5.74) is 6.08. The minimum absolute atomic E-state index is 0.0177. The van der Waals surface area contributed by atoms with Crippen LogP contribution in [0, 0.1) is 0 Å². The van der Waals surface area contributed by atoms with E-state index in [1.165, 1.54) is 12.8 Å². The van der Waals surface area contributed by atoms with E-state index < -0.39 is 0 Å². The molecule has 0 fully saturated rings. The highest BCUT2D eigenvalue weighted by Crippen LogP contribution is 2.10. The molecule has 0 bridgehead atoms. The lowest BCUT2D eigenvalue weighted by Crippen LogP contribution is -2.13. The molecule has 1 aromatic heterocycles. The first-order valence-electron chi connectivity index (χ1n) is 6.96. The molecule has 4 N–H and O–H groups in total. The highest BCUT2D eigenvalue weighted by atomic mass is 16.1. The van der Waals surface area contributed by atoms with Crippen molar-refractivity contribution in [2.24, 2.45) is 5.73 Å². The summed E-state index contributed by atoms with van der Waals surface area (Å²) in [5.74, 6) is 0.826. The van der Waals surface area contributed by atoms with Gasteiger partial charge in [0.25, 0.3) is 0 Å². The first-order chi connectivity index (χ1) is 9.26. The van der Waals surface area contributed by atoms with Crippen LogP contribution in [-0.4, -0.2) is 24.0 Å². The van der Waals surface area contributed by atoms with Crippen LogP contribution in [0.25, 0.3) is 0 Å². The Labute approximate surface area is 115 Å². The maximum atomic E-state index is 11.5. The van der Waals surface area contributed by atoms with Crippen molar-refractivity contribution in [1.82, 2.24) is 4.98 Å². The van der Waals surface area contributed by atoms with Gasteiger partial charge in [-0.2, -0.15) is 0 Å².